The number of allylic oxidation sites excluding steroid dienone is 1. The summed E-state index contributed by atoms with van der Waals surface area (Å²) >= 11 is 0. The third kappa shape index (κ3) is 4.46. The molecule has 23 heavy (non-hydrogen) atoms. The van der Waals surface area contributed by atoms with Crippen LogP contribution in [0.5, 0.6) is 0 Å². The van der Waals surface area contributed by atoms with Gasteiger partial charge in [-0.15, -0.1) is 0 Å². The van der Waals surface area contributed by atoms with E-state index in [-0.39, 0.29) is 17.5 Å². The fraction of sp³-hybridized carbons (Fsp3) is 0.571. The maximum absolute atomic E-state index is 12.1. The van der Waals surface area contributed by atoms with Crippen molar-refractivity contribution < 1.29 is 9.53 Å². The Labute approximate surface area is 140 Å². The van der Waals surface area contributed by atoms with Gasteiger partial charge in [-0.2, -0.15) is 0 Å². The topological polar surface area (TPSA) is 26.3 Å². The highest BCUT2D eigenvalue weighted by Crippen LogP contribution is 2.43. The van der Waals surface area contributed by atoms with Crippen LogP contribution in [0, 0.1) is 11.8 Å². The molecule has 1 fully saturated rings. The first-order chi connectivity index (χ1) is 10.9. The highest BCUT2D eigenvalue weighted by molar-refractivity contribution is 5.82. The molecule has 0 aromatic heterocycles. The quantitative estimate of drug-likeness (QED) is 0.546. The van der Waals surface area contributed by atoms with Crippen molar-refractivity contribution in [1.82, 2.24) is 0 Å². The average Bonchev–Trinajstić information content (AvgIpc) is 2.53. The molecule has 2 nitrogen and oxygen atoms in total. The van der Waals surface area contributed by atoms with E-state index < -0.39 is 0 Å². The fourth-order valence-electron chi connectivity index (χ4n) is 3.77. The number of hydrogen-bond acceptors (Lipinski definition) is 2. The number of ether oxygens (including phenoxy) is 1. The summed E-state index contributed by atoms with van der Waals surface area (Å²) < 4.78 is 5.86. The lowest BCUT2D eigenvalue weighted by Crippen LogP contribution is -2.43. The summed E-state index contributed by atoms with van der Waals surface area (Å²) in [6, 6.07) is 10.6. The second-order valence-electron chi connectivity index (χ2n) is 7.40. The molecule has 0 N–H and O–H groups in total. The Hall–Kier alpha value is -1.57. The fourth-order valence-corrected chi connectivity index (χ4v) is 3.77. The normalized spacial score (nSPS) is 25.5. The highest BCUT2D eigenvalue weighted by atomic mass is 16.5. The summed E-state index contributed by atoms with van der Waals surface area (Å²) in [6.45, 7) is 8.85. The van der Waals surface area contributed by atoms with Crippen LogP contribution in [-0.4, -0.2) is 12.1 Å². The molecule has 0 unspecified atom stereocenters. The van der Waals surface area contributed by atoms with Gasteiger partial charge in [-0.3, -0.25) is 0 Å². The predicted octanol–water partition coefficient (Wildman–Crippen LogP) is 5.28. The lowest BCUT2D eigenvalue weighted by Gasteiger charge is -2.43. The molecule has 1 aromatic carbocycles. The molecular weight excluding hydrogens is 284 g/mol. The van der Waals surface area contributed by atoms with Crippen molar-refractivity contribution in [1.29, 1.82) is 0 Å². The zero-order valence-electron chi connectivity index (χ0n) is 14.9. The van der Waals surface area contributed by atoms with Crippen molar-refractivity contribution in [2.45, 2.75) is 64.9 Å². The summed E-state index contributed by atoms with van der Waals surface area (Å²) in [4.78, 5) is 12.1. The summed E-state index contributed by atoms with van der Waals surface area (Å²) in [6.07, 6.45) is 7.58. The minimum Gasteiger partial charge on any atom is -0.459 e. The Morgan fingerprint density at radius 1 is 1.26 bits per heavy atom. The maximum Gasteiger partial charge on any atom is 0.330 e. The molecule has 1 aliphatic rings. The first-order valence-electron chi connectivity index (χ1n) is 8.87. The lowest BCUT2D eigenvalue weighted by atomic mass is 9.64. The van der Waals surface area contributed by atoms with Crippen LogP contribution in [0.4, 0.5) is 0 Å². The van der Waals surface area contributed by atoms with Crippen molar-refractivity contribution in [3.05, 3.63) is 48.0 Å². The van der Waals surface area contributed by atoms with Gasteiger partial charge in [0.2, 0.25) is 0 Å². The number of carbonyl (C=O) groups is 1. The van der Waals surface area contributed by atoms with Crippen LogP contribution in [-0.2, 0) is 14.9 Å². The molecule has 2 rings (SSSR count). The van der Waals surface area contributed by atoms with Crippen LogP contribution in [0.1, 0.15) is 58.9 Å². The summed E-state index contributed by atoms with van der Waals surface area (Å²) in [5.41, 5.74) is 1.32. The minimum absolute atomic E-state index is 0.000811. The summed E-state index contributed by atoms with van der Waals surface area (Å²) in [5, 5.41) is 0. The number of rotatable bonds is 5. The molecule has 0 heterocycles. The molecule has 1 saturated carbocycles. The number of hydrogen-bond donors (Lipinski definition) is 0. The number of esters is 1. The molecule has 0 aliphatic heterocycles. The van der Waals surface area contributed by atoms with Crippen LogP contribution < -0.4 is 0 Å². The van der Waals surface area contributed by atoms with E-state index in [1.165, 1.54) is 12.0 Å². The maximum atomic E-state index is 12.1. The smallest absolute Gasteiger partial charge is 0.330 e. The van der Waals surface area contributed by atoms with Crippen molar-refractivity contribution in [3.8, 4) is 0 Å². The van der Waals surface area contributed by atoms with Crippen molar-refractivity contribution >= 4 is 5.97 Å². The first-order valence-corrected chi connectivity index (χ1v) is 8.87. The van der Waals surface area contributed by atoms with E-state index in [0.29, 0.717) is 11.8 Å². The monoisotopic (exact) mass is 314 g/mol. The molecule has 0 amide bonds. The van der Waals surface area contributed by atoms with Crippen LogP contribution in [0.15, 0.2) is 42.5 Å². The third-order valence-electron chi connectivity index (χ3n) is 5.26. The molecule has 0 saturated heterocycles. The second kappa shape index (κ2) is 7.81. The van der Waals surface area contributed by atoms with Crippen molar-refractivity contribution in [2.24, 2.45) is 11.8 Å². The van der Waals surface area contributed by atoms with Crippen LogP contribution in [0.25, 0.3) is 0 Å². The van der Waals surface area contributed by atoms with Crippen LogP contribution in [0.2, 0.25) is 0 Å². The molecule has 1 aliphatic carbocycles. The Balaban J connectivity index is 2.19. The van der Waals surface area contributed by atoms with Gasteiger partial charge >= 0.3 is 5.97 Å². The molecule has 3 atom stereocenters. The Morgan fingerprint density at radius 2 is 1.96 bits per heavy atom. The van der Waals surface area contributed by atoms with Gasteiger partial charge in [-0.25, -0.2) is 4.79 Å². The zero-order valence-corrected chi connectivity index (χ0v) is 14.9. The SMILES string of the molecule is CC/C=C/C(=O)O[C@@H]1C[C@H](C)CC[C@H]1C(C)(C)c1ccccc1. The molecule has 0 bridgehead atoms. The Morgan fingerprint density at radius 3 is 2.61 bits per heavy atom. The van der Waals surface area contributed by atoms with Gasteiger partial charge in [-0.1, -0.05) is 70.5 Å². The number of carbonyl (C=O) groups excluding carboxylic acids is 1. The molecule has 126 valence electrons. The molecule has 2 heteroatoms. The van der Waals surface area contributed by atoms with Gasteiger partial charge < -0.3 is 4.74 Å². The molecule has 1 aromatic rings. The first kappa shape index (κ1) is 17.8. The summed E-state index contributed by atoms with van der Waals surface area (Å²) in [7, 11) is 0. The van der Waals surface area contributed by atoms with Crippen LogP contribution >= 0.6 is 0 Å². The largest absolute Gasteiger partial charge is 0.459 e. The van der Waals surface area contributed by atoms with E-state index in [1.807, 2.05) is 13.0 Å². The van der Waals surface area contributed by atoms with Crippen molar-refractivity contribution in [3.63, 3.8) is 0 Å². The van der Waals surface area contributed by atoms with E-state index in [0.717, 1.165) is 19.3 Å². The van der Waals surface area contributed by atoms with Gasteiger partial charge in [0.05, 0.1) is 0 Å². The van der Waals surface area contributed by atoms with E-state index in [2.05, 4.69) is 51.1 Å². The van der Waals surface area contributed by atoms with E-state index in [4.69, 9.17) is 4.74 Å². The molecule has 0 spiro atoms. The highest BCUT2D eigenvalue weighted by Gasteiger charge is 2.41. The van der Waals surface area contributed by atoms with Gasteiger partial charge in [0.15, 0.2) is 0 Å². The summed E-state index contributed by atoms with van der Waals surface area (Å²) in [5.74, 6) is 0.783. The second-order valence-corrected chi connectivity index (χ2v) is 7.40. The van der Waals surface area contributed by atoms with E-state index in [1.54, 1.807) is 6.08 Å². The van der Waals surface area contributed by atoms with E-state index in [9.17, 15) is 4.79 Å². The van der Waals surface area contributed by atoms with E-state index >= 15 is 0 Å². The zero-order chi connectivity index (χ0) is 16.9. The number of benzene rings is 1. The van der Waals surface area contributed by atoms with Gasteiger partial charge in [0.1, 0.15) is 6.10 Å². The Kier molecular flexibility index (Phi) is 6.04. The average molecular weight is 314 g/mol. The van der Waals surface area contributed by atoms with Gasteiger partial charge in [0.25, 0.3) is 0 Å². The van der Waals surface area contributed by atoms with Gasteiger partial charge in [0, 0.05) is 12.0 Å². The Bertz CT molecular complexity index is 530. The van der Waals surface area contributed by atoms with Gasteiger partial charge in [-0.05, 0) is 36.2 Å². The molecular formula is C21H30O2. The van der Waals surface area contributed by atoms with Crippen molar-refractivity contribution in [2.75, 3.05) is 0 Å². The predicted molar refractivity (Wildman–Crippen MR) is 95.3 cm³/mol. The van der Waals surface area contributed by atoms with Crippen LogP contribution in [0.3, 0.4) is 0 Å². The standard InChI is InChI=1S/C21H30O2/c1-5-6-12-20(22)23-19-15-16(2)13-14-18(19)21(3,4)17-10-8-7-9-11-17/h6-12,16,18-19H,5,13-15H2,1-4H3/b12-6+/t16-,18-,19-/m1/s1. The third-order valence-corrected chi connectivity index (χ3v) is 5.26. The lowest BCUT2D eigenvalue weighted by molar-refractivity contribution is -0.150. The molecule has 0 radical (unpaired) electrons. The minimum atomic E-state index is -0.195.